The minimum atomic E-state index is -4.40. The number of carbonyl (C=O) groups excluding carboxylic acids is 1. The number of carbonyl (C=O) groups is 1. The second-order valence-corrected chi connectivity index (χ2v) is 5.26. The standard InChI is InChI=1S/C15H19F3N2O/c1-2-13-8-3-4-9-20(13)14(21)19-12-7-5-6-11(10-12)15(16,17)18/h5-7,10,13H,2-4,8-9H2,1H3,(H,19,21). The molecule has 1 N–H and O–H groups in total. The van der Waals surface area contributed by atoms with Crippen LogP contribution in [0.4, 0.5) is 23.7 Å². The van der Waals surface area contributed by atoms with Crippen LogP contribution in [-0.4, -0.2) is 23.5 Å². The van der Waals surface area contributed by atoms with Crippen molar-refractivity contribution in [2.75, 3.05) is 11.9 Å². The van der Waals surface area contributed by atoms with Gasteiger partial charge in [-0.3, -0.25) is 0 Å². The fourth-order valence-electron chi connectivity index (χ4n) is 2.66. The van der Waals surface area contributed by atoms with Crippen molar-refractivity contribution in [1.29, 1.82) is 0 Å². The van der Waals surface area contributed by atoms with Crippen LogP contribution in [0.3, 0.4) is 0 Å². The van der Waals surface area contributed by atoms with E-state index in [9.17, 15) is 18.0 Å². The van der Waals surface area contributed by atoms with Crippen LogP contribution >= 0.6 is 0 Å². The Morgan fingerprint density at radius 2 is 2.14 bits per heavy atom. The van der Waals surface area contributed by atoms with Crippen LogP contribution in [0.2, 0.25) is 0 Å². The van der Waals surface area contributed by atoms with Crippen molar-refractivity contribution in [2.24, 2.45) is 0 Å². The Morgan fingerprint density at radius 1 is 1.38 bits per heavy atom. The molecule has 1 aromatic rings. The quantitative estimate of drug-likeness (QED) is 0.856. The largest absolute Gasteiger partial charge is 0.416 e. The Morgan fingerprint density at radius 3 is 2.81 bits per heavy atom. The average Bonchev–Trinajstić information content (AvgIpc) is 2.46. The number of urea groups is 1. The van der Waals surface area contributed by atoms with Crippen molar-refractivity contribution >= 4 is 11.7 Å². The minimum absolute atomic E-state index is 0.171. The number of piperidine rings is 1. The number of hydrogen-bond acceptors (Lipinski definition) is 1. The molecule has 0 aromatic heterocycles. The molecule has 1 aliphatic heterocycles. The number of nitrogens with one attached hydrogen (secondary N) is 1. The molecule has 21 heavy (non-hydrogen) atoms. The molecule has 3 nitrogen and oxygen atoms in total. The zero-order valence-corrected chi connectivity index (χ0v) is 11.9. The third-order valence-corrected chi connectivity index (χ3v) is 3.80. The fourth-order valence-corrected chi connectivity index (χ4v) is 2.66. The van der Waals surface area contributed by atoms with Crippen LogP contribution in [-0.2, 0) is 6.18 Å². The molecule has 0 radical (unpaired) electrons. The molecule has 1 atom stereocenters. The Bertz CT molecular complexity index is 502. The Balaban J connectivity index is 2.08. The van der Waals surface area contributed by atoms with Gasteiger partial charge in [0, 0.05) is 18.3 Å². The van der Waals surface area contributed by atoms with Gasteiger partial charge in [0.2, 0.25) is 0 Å². The van der Waals surface area contributed by atoms with Gasteiger partial charge in [-0.2, -0.15) is 13.2 Å². The number of likely N-dealkylation sites (tertiary alicyclic amines) is 1. The van der Waals surface area contributed by atoms with E-state index < -0.39 is 11.7 Å². The molecule has 116 valence electrons. The highest BCUT2D eigenvalue weighted by Crippen LogP contribution is 2.31. The van der Waals surface area contributed by atoms with Crippen LogP contribution in [0.1, 0.15) is 38.2 Å². The number of halogens is 3. The summed E-state index contributed by atoms with van der Waals surface area (Å²) in [4.78, 5) is 14.0. The Hall–Kier alpha value is -1.72. The molecular weight excluding hydrogens is 281 g/mol. The first-order chi connectivity index (χ1) is 9.91. The van der Waals surface area contributed by atoms with Crippen molar-refractivity contribution in [3.63, 3.8) is 0 Å². The summed E-state index contributed by atoms with van der Waals surface area (Å²) in [5.41, 5.74) is -0.582. The van der Waals surface area contributed by atoms with Gasteiger partial charge >= 0.3 is 12.2 Å². The lowest BCUT2D eigenvalue weighted by molar-refractivity contribution is -0.137. The highest BCUT2D eigenvalue weighted by Gasteiger charge is 2.31. The number of hydrogen-bond donors (Lipinski definition) is 1. The lowest BCUT2D eigenvalue weighted by Gasteiger charge is -2.35. The lowest BCUT2D eigenvalue weighted by Crippen LogP contribution is -2.45. The summed E-state index contributed by atoms with van der Waals surface area (Å²) >= 11 is 0. The number of alkyl halides is 3. The van der Waals surface area contributed by atoms with Crippen molar-refractivity contribution in [2.45, 2.75) is 44.8 Å². The van der Waals surface area contributed by atoms with Gasteiger partial charge in [-0.25, -0.2) is 4.79 Å². The van der Waals surface area contributed by atoms with Crippen LogP contribution in [0.15, 0.2) is 24.3 Å². The molecule has 2 rings (SSSR count). The van der Waals surface area contributed by atoms with Crippen molar-refractivity contribution < 1.29 is 18.0 Å². The molecule has 2 amide bonds. The lowest BCUT2D eigenvalue weighted by atomic mass is 10.0. The number of benzene rings is 1. The summed E-state index contributed by atoms with van der Waals surface area (Å²) in [7, 11) is 0. The van der Waals surface area contributed by atoms with Gasteiger partial charge in [0.25, 0.3) is 0 Å². The van der Waals surface area contributed by atoms with Crippen LogP contribution in [0.25, 0.3) is 0 Å². The van der Waals surface area contributed by atoms with Gasteiger partial charge in [0.15, 0.2) is 0 Å². The van der Waals surface area contributed by atoms with Crippen molar-refractivity contribution in [1.82, 2.24) is 4.90 Å². The maximum absolute atomic E-state index is 12.7. The smallest absolute Gasteiger partial charge is 0.322 e. The summed E-state index contributed by atoms with van der Waals surface area (Å²) in [5.74, 6) is 0. The number of anilines is 1. The molecule has 0 saturated carbocycles. The van der Waals surface area contributed by atoms with E-state index in [4.69, 9.17) is 0 Å². The fraction of sp³-hybridized carbons (Fsp3) is 0.533. The second kappa shape index (κ2) is 6.37. The summed E-state index contributed by atoms with van der Waals surface area (Å²) < 4.78 is 38.0. The third-order valence-electron chi connectivity index (χ3n) is 3.80. The monoisotopic (exact) mass is 300 g/mol. The third kappa shape index (κ3) is 3.89. The first kappa shape index (κ1) is 15.7. The Kier molecular flexibility index (Phi) is 4.75. The molecule has 0 bridgehead atoms. The molecule has 1 aliphatic rings. The zero-order chi connectivity index (χ0) is 15.5. The first-order valence-electron chi connectivity index (χ1n) is 7.16. The van der Waals surface area contributed by atoms with Crippen LogP contribution in [0, 0.1) is 0 Å². The Labute approximate surface area is 122 Å². The van der Waals surface area contributed by atoms with Gasteiger partial charge in [0.05, 0.1) is 5.56 Å². The van der Waals surface area contributed by atoms with E-state index in [1.165, 1.54) is 12.1 Å². The molecule has 1 unspecified atom stereocenters. The molecule has 6 heteroatoms. The molecule has 0 spiro atoms. The zero-order valence-electron chi connectivity index (χ0n) is 11.9. The highest BCUT2D eigenvalue weighted by atomic mass is 19.4. The van der Waals surface area contributed by atoms with E-state index >= 15 is 0 Å². The van der Waals surface area contributed by atoms with Crippen molar-refractivity contribution in [3.05, 3.63) is 29.8 Å². The SMILES string of the molecule is CCC1CCCCN1C(=O)Nc1cccc(C(F)(F)F)c1. The first-order valence-corrected chi connectivity index (χ1v) is 7.16. The maximum Gasteiger partial charge on any atom is 0.416 e. The normalized spacial score (nSPS) is 19.4. The molecule has 1 heterocycles. The molecule has 1 saturated heterocycles. The minimum Gasteiger partial charge on any atom is -0.322 e. The van der Waals surface area contributed by atoms with Gasteiger partial charge in [-0.15, -0.1) is 0 Å². The van der Waals surface area contributed by atoms with E-state index in [0.717, 1.165) is 37.8 Å². The number of rotatable bonds is 2. The van der Waals surface area contributed by atoms with Crippen LogP contribution < -0.4 is 5.32 Å². The average molecular weight is 300 g/mol. The number of nitrogens with zero attached hydrogens (tertiary/aromatic N) is 1. The topological polar surface area (TPSA) is 32.3 Å². The molecule has 1 aromatic carbocycles. The second-order valence-electron chi connectivity index (χ2n) is 5.26. The van der Waals surface area contributed by atoms with Gasteiger partial charge in [-0.1, -0.05) is 13.0 Å². The van der Waals surface area contributed by atoms with Crippen molar-refractivity contribution in [3.8, 4) is 0 Å². The summed E-state index contributed by atoms with van der Waals surface area (Å²) in [6, 6.07) is 4.57. The summed E-state index contributed by atoms with van der Waals surface area (Å²) in [5, 5.41) is 2.58. The predicted molar refractivity (Wildman–Crippen MR) is 75.1 cm³/mol. The summed E-state index contributed by atoms with van der Waals surface area (Å²) in [6.07, 6.45) is -0.571. The number of amides is 2. The van der Waals surface area contributed by atoms with Crippen LogP contribution in [0.5, 0.6) is 0 Å². The predicted octanol–water partition coefficient (Wildman–Crippen LogP) is 4.50. The summed E-state index contributed by atoms with van der Waals surface area (Å²) in [6.45, 7) is 2.67. The van der Waals surface area contributed by atoms with E-state index in [2.05, 4.69) is 5.32 Å². The van der Waals surface area contributed by atoms with E-state index in [1.807, 2.05) is 6.92 Å². The van der Waals surface area contributed by atoms with Gasteiger partial charge in [0.1, 0.15) is 0 Å². The molecular formula is C15H19F3N2O. The maximum atomic E-state index is 12.7. The van der Waals surface area contributed by atoms with E-state index in [-0.39, 0.29) is 17.8 Å². The van der Waals surface area contributed by atoms with E-state index in [0.29, 0.717) is 6.54 Å². The molecule has 0 aliphatic carbocycles. The molecule has 1 fully saturated rings. The highest BCUT2D eigenvalue weighted by molar-refractivity contribution is 5.89. The van der Waals surface area contributed by atoms with E-state index in [1.54, 1.807) is 4.90 Å². The van der Waals surface area contributed by atoms with Gasteiger partial charge in [-0.05, 0) is 43.9 Å². The van der Waals surface area contributed by atoms with Gasteiger partial charge < -0.3 is 10.2 Å².